The third-order valence-electron chi connectivity index (χ3n) is 5.05. The summed E-state index contributed by atoms with van der Waals surface area (Å²) in [6, 6.07) is 1.77. The van der Waals surface area contributed by atoms with Gasteiger partial charge in [0.25, 0.3) is 0 Å². The predicted molar refractivity (Wildman–Crippen MR) is 86.9 cm³/mol. The van der Waals surface area contributed by atoms with E-state index >= 15 is 0 Å². The summed E-state index contributed by atoms with van der Waals surface area (Å²) in [5, 5.41) is 0. The molecule has 1 aliphatic carbocycles. The molecular weight excluding hydrogens is 247 g/mol. The number of hydrogen-bond donors (Lipinski definition) is 0. The normalized spacial score (nSPS) is 32.3. The summed E-state index contributed by atoms with van der Waals surface area (Å²) in [5.41, 5.74) is 0. The lowest BCUT2D eigenvalue weighted by molar-refractivity contribution is 0.164. The van der Waals surface area contributed by atoms with Crippen LogP contribution in [0.25, 0.3) is 0 Å². The molecule has 0 aromatic heterocycles. The maximum atomic E-state index is 12.8. The maximum Gasteiger partial charge on any atom is 0.321 e. The summed E-state index contributed by atoms with van der Waals surface area (Å²) in [5.74, 6) is 0.738. The van der Waals surface area contributed by atoms with Crippen molar-refractivity contribution in [1.29, 1.82) is 0 Å². The van der Waals surface area contributed by atoms with Gasteiger partial charge in [0, 0.05) is 12.1 Å². The van der Waals surface area contributed by atoms with E-state index in [9.17, 15) is 4.79 Å². The molecule has 0 spiro atoms. The summed E-state index contributed by atoms with van der Waals surface area (Å²) in [7, 11) is 2.36. The monoisotopic (exact) mass is 278 g/mol. The first-order chi connectivity index (χ1) is 9.43. The van der Waals surface area contributed by atoms with E-state index in [2.05, 4.69) is 45.3 Å². The van der Waals surface area contributed by atoms with Crippen molar-refractivity contribution in [3.63, 3.8) is 0 Å². The zero-order chi connectivity index (χ0) is 14.9. The van der Waals surface area contributed by atoms with Crippen LogP contribution in [0.5, 0.6) is 0 Å². The zero-order valence-corrected chi connectivity index (χ0v) is 13.9. The van der Waals surface area contributed by atoms with E-state index in [1.807, 2.05) is 0 Å². The Morgan fingerprint density at radius 1 is 0.950 bits per heavy atom. The van der Waals surface area contributed by atoms with Gasteiger partial charge in [-0.15, -0.1) is 0 Å². The molecule has 3 atom stereocenters. The first-order valence-corrected chi connectivity index (χ1v) is 8.54. The molecule has 1 saturated carbocycles. The van der Waals surface area contributed by atoms with Gasteiger partial charge in [-0.05, 0) is 40.5 Å². The largest absolute Gasteiger partial charge is 0.321 e. The van der Waals surface area contributed by atoms with Crippen molar-refractivity contribution in [3.8, 4) is 0 Å². The molecule has 3 nitrogen and oxygen atoms in total. The zero-order valence-electron chi connectivity index (χ0n) is 13.9. The SMILES string of the molecule is BC1CCCCCC2C(C1)N(C(C)C)C(=O)N2C(C)C. The van der Waals surface area contributed by atoms with E-state index in [0.717, 1.165) is 5.82 Å². The average molecular weight is 278 g/mol. The van der Waals surface area contributed by atoms with Gasteiger partial charge in [0.15, 0.2) is 0 Å². The Hall–Kier alpha value is -0.665. The highest BCUT2D eigenvalue weighted by molar-refractivity contribution is 6.11. The molecule has 0 N–H and O–H groups in total. The van der Waals surface area contributed by atoms with Crippen LogP contribution in [-0.2, 0) is 0 Å². The van der Waals surface area contributed by atoms with Crippen molar-refractivity contribution in [2.45, 2.75) is 96.2 Å². The average Bonchev–Trinajstić information content (AvgIpc) is 2.64. The molecule has 0 bridgehead atoms. The molecule has 3 unspecified atom stereocenters. The van der Waals surface area contributed by atoms with E-state index in [1.165, 1.54) is 38.5 Å². The van der Waals surface area contributed by atoms with E-state index in [-0.39, 0.29) is 6.03 Å². The first-order valence-electron chi connectivity index (χ1n) is 8.54. The van der Waals surface area contributed by atoms with Gasteiger partial charge >= 0.3 is 6.03 Å². The minimum atomic E-state index is 0.276. The van der Waals surface area contributed by atoms with Crippen molar-refractivity contribution in [1.82, 2.24) is 9.80 Å². The molecule has 1 saturated heterocycles. The molecule has 114 valence electrons. The van der Waals surface area contributed by atoms with Crippen LogP contribution in [0.15, 0.2) is 0 Å². The Kier molecular flexibility index (Phi) is 5.03. The topological polar surface area (TPSA) is 23.6 Å². The van der Waals surface area contributed by atoms with Gasteiger partial charge in [0.2, 0.25) is 0 Å². The fourth-order valence-electron chi connectivity index (χ4n) is 4.15. The third kappa shape index (κ3) is 2.99. The van der Waals surface area contributed by atoms with Crippen LogP contribution in [0.2, 0.25) is 5.82 Å². The van der Waals surface area contributed by atoms with Gasteiger partial charge in [0.05, 0.1) is 12.1 Å². The fraction of sp³-hybridized carbons (Fsp3) is 0.938. The highest BCUT2D eigenvalue weighted by Crippen LogP contribution is 2.37. The van der Waals surface area contributed by atoms with E-state index in [4.69, 9.17) is 0 Å². The number of amides is 2. The van der Waals surface area contributed by atoms with Gasteiger partial charge < -0.3 is 9.80 Å². The predicted octanol–water partition coefficient (Wildman–Crippen LogP) is 3.05. The summed E-state index contributed by atoms with van der Waals surface area (Å²) in [6.45, 7) is 8.65. The quantitative estimate of drug-likeness (QED) is 0.712. The number of urea groups is 1. The molecule has 2 fully saturated rings. The molecule has 1 aliphatic heterocycles. The number of hydrogen-bond acceptors (Lipinski definition) is 1. The van der Waals surface area contributed by atoms with Crippen LogP contribution < -0.4 is 0 Å². The number of carbonyl (C=O) groups excluding carboxylic acids is 1. The molecule has 2 aliphatic rings. The Balaban J connectivity index is 2.29. The second kappa shape index (κ2) is 6.40. The van der Waals surface area contributed by atoms with Crippen molar-refractivity contribution in [2.24, 2.45) is 0 Å². The summed E-state index contributed by atoms with van der Waals surface area (Å²) >= 11 is 0. The second-order valence-electron chi connectivity index (χ2n) is 7.40. The van der Waals surface area contributed by atoms with Crippen LogP contribution in [0.4, 0.5) is 4.79 Å². The van der Waals surface area contributed by atoms with Crippen LogP contribution in [0.3, 0.4) is 0 Å². The fourth-order valence-corrected chi connectivity index (χ4v) is 4.15. The van der Waals surface area contributed by atoms with Crippen LogP contribution in [-0.4, -0.2) is 47.8 Å². The van der Waals surface area contributed by atoms with Gasteiger partial charge in [-0.2, -0.15) is 0 Å². The van der Waals surface area contributed by atoms with Crippen molar-refractivity contribution >= 4 is 13.9 Å². The van der Waals surface area contributed by atoms with Crippen LogP contribution in [0, 0.1) is 0 Å². The Bertz CT molecular complexity index is 345. The van der Waals surface area contributed by atoms with Gasteiger partial charge in [-0.25, -0.2) is 4.79 Å². The summed E-state index contributed by atoms with van der Waals surface area (Å²) in [6.07, 6.45) is 7.65. The molecule has 20 heavy (non-hydrogen) atoms. The third-order valence-corrected chi connectivity index (χ3v) is 5.05. The number of rotatable bonds is 2. The maximum absolute atomic E-state index is 12.8. The lowest BCUT2D eigenvalue weighted by atomic mass is 9.77. The molecule has 0 aromatic carbocycles. The second-order valence-corrected chi connectivity index (χ2v) is 7.40. The van der Waals surface area contributed by atoms with E-state index in [1.54, 1.807) is 0 Å². The Morgan fingerprint density at radius 2 is 1.50 bits per heavy atom. The highest BCUT2D eigenvalue weighted by atomic mass is 16.2. The molecule has 0 aromatic rings. The lowest BCUT2D eigenvalue weighted by Crippen LogP contribution is -2.41. The van der Waals surface area contributed by atoms with E-state index in [0.29, 0.717) is 24.2 Å². The molecule has 2 rings (SSSR count). The molecule has 4 heteroatoms. The minimum absolute atomic E-state index is 0.276. The summed E-state index contributed by atoms with van der Waals surface area (Å²) < 4.78 is 0. The molecule has 0 radical (unpaired) electrons. The van der Waals surface area contributed by atoms with Crippen molar-refractivity contribution in [2.75, 3.05) is 0 Å². The van der Waals surface area contributed by atoms with Crippen LogP contribution in [0.1, 0.15) is 66.2 Å². The Morgan fingerprint density at radius 3 is 2.10 bits per heavy atom. The molecule has 1 heterocycles. The minimum Gasteiger partial charge on any atom is -0.317 e. The number of nitrogens with zero attached hydrogens (tertiary/aromatic N) is 2. The standard InChI is InChI=1S/C16H31BN2O/c1-11(2)18-14-9-7-5-6-8-13(17)10-15(14)19(12(3)4)16(18)20/h11-15H,5-10,17H2,1-4H3. The Labute approximate surface area is 125 Å². The lowest BCUT2D eigenvalue weighted by Gasteiger charge is -2.32. The molecule has 2 amide bonds. The van der Waals surface area contributed by atoms with Gasteiger partial charge in [-0.3, -0.25) is 0 Å². The smallest absolute Gasteiger partial charge is 0.317 e. The van der Waals surface area contributed by atoms with E-state index < -0.39 is 0 Å². The van der Waals surface area contributed by atoms with Crippen LogP contribution >= 0.6 is 0 Å². The number of carbonyl (C=O) groups is 1. The van der Waals surface area contributed by atoms with Gasteiger partial charge in [0.1, 0.15) is 7.85 Å². The summed E-state index contributed by atoms with van der Waals surface area (Å²) in [4.78, 5) is 17.2. The number of fused-ring (bicyclic) bond motifs is 1. The first kappa shape index (κ1) is 15.7. The molecular formula is C16H31BN2O. The van der Waals surface area contributed by atoms with Crippen molar-refractivity contribution in [3.05, 3.63) is 0 Å². The van der Waals surface area contributed by atoms with Gasteiger partial charge in [-0.1, -0.05) is 31.5 Å². The highest BCUT2D eigenvalue weighted by Gasteiger charge is 2.47. The van der Waals surface area contributed by atoms with Crippen molar-refractivity contribution < 1.29 is 4.79 Å².